The highest BCUT2D eigenvalue weighted by Gasteiger charge is 2.24. The average Bonchev–Trinajstić information content (AvgIpc) is 3.20. The fourth-order valence-electron chi connectivity index (χ4n) is 4.28. The van der Waals surface area contributed by atoms with E-state index in [0.29, 0.717) is 42.1 Å². The normalized spacial score (nSPS) is 13.6. The Morgan fingerprint density at radius 1 is 1.12 bits per heavy atom. The number of thioether (sulfide) groups is 1. The molecule has 7 nitrogen and oxygen atoms in total. The van der Waals surface area contributed by atoms with Crippen molar-refractivity contribution >= 4 is 39.5 Å². The zero-order chi connectivity index (χ0) is 22.1. The molecule has 0 saturated carbocycles. The summed E-state index contributed by atoms with van der Waals surface area (Å²) in [6.45, 7) is 1.61. The Morgan fingerprint density at radius 3 is 2.75 bits per heavy atom. The van der Waals surface area contributed by atoms with Gasteiger partial charge in [0.25, 0.3) is 5.56 Å². The van der Waals surface area contributed by atoms with Gasteiger partial charge in [0, 0.05) is 54.8 Å². The maximum absolute atomic E-state index is 13.1. The molecule has 0 unspecified atom stereocenters. The number of aromatic amines is 1. The number of para-hydroxylation sites is 2. The number of fused-ring (bicyclic) bond motifs is 4. The summed E-state index contributed by atoms with van der Waals surface area (Å²) in [5.41, 5.74) is 3.98. The lowest BCUT2D eigenvalue weighted by atomic mass is 10.0. The van der Waals surface area contributed by atoms with Gasteiger partial charge in [0.15, 0.2) is 5.16 Å². The molecule has 0 radical (unpaired) electrons. The maximum Gasteiger partial charge on any atom is 0.262 e. The summed E-state index contributed by atoms with van der Waals surface area (Å²) in [6, 6.07) is 15.4. The number of hydrogen-bond acceptors (Lipinski definition) is 5. The van der Waals surface area contributed by atoms with Crippen molar-refractivity contribution in [1.82, 2.24) is 19.4 Å². The van der Waals surface area contributed by atoms with Crippen LogP contribution in [0.3, 0.4) is 0 Å². The highest BCUT2D eigenvalue weighted by molar-refractivity contribution is 7.99. The number of hydrogen-bond donors (Lipinski definition) is 2. The Balaban J connectivity index is 1.36. The highest BCUT2D eigenvalue weighted by Crippen LogP contribution is 2.28. The van der Waals surface area contributed by atoms with Crippen LogP contribution in [-0.4, -0.2) is 49.4 Å². The molecule has 164 valence electrons. The minimum absolute atomic E-state index is 0.0109. The molecule has 0 bridgehead atoms. The molecule has 2 N–H and O–H groups in total. The van der Waals surface area contributed by atoms with Crippen LogP contribution in [0.5, 0.6) is 0 Å². The summed E-state index contributed by atoms with van der Waals surface area (Å²) in [5.74, 6) is 0.240. The third kappa shape index (κ3) is 3.80. The first-order chi connectivity index (χ1) is 15.7. The topological polar surface area (TPSA) is 91.2 Å². The van der Waals surface area contributed by atoms with E-state index in [4.69, 9.17) is 0 Å². The molecule has 1 aliphatic heterocycles. The van der Waals surface area contributed by atoms with Crippen LogP contribution < -0.4 is 5.56 Å². The number of nitrogens with zero attached hydrogens (tertiary/aromatic N) is 3. The number of benzene rings is 2. The number of aliphatic hydroxyl groups is 1. The van der Waals surface area contributed by atoms with E-state index in [2.05, 4.69) is 22.1 Å². The van der Waals surface area contributed by atoms with Crippen LogP contribution in [0.1, 0.15) is 17.7 Å². The number of H-pyrrole nitrogens is 1. The standard InChI is InChI=1S/C24H24N4O3S/c29-13-5-11-28-23(31)17-7-2-4-9-20(17)26-24(28)32-15-22(30)27-12-10-21-18(14-27)16-6-1-3-8-19(16)25-21/h1-4,6-9,25,29H,5,10-15H2. The van der Waals surface area contributed by atoms with Gasteiger partial charge in [-0.05, 0) is 24.6 Å². The van der Waals surface area contributed by atoms with E-state index in [0.717, 1.165) is 11.9 Å². The van der Waals surface area contributed by atoms with Gasteiger partial charge in [-0.2, -0.15) is 0 Å². The summed E-state index contributed by atoms with van der Waals surface area (Å²) < 4.78 is 1.57. The number of rotatable bonds is 6. The lowest BCUT2D eigenvalue weighted by molar-refractivity contribution is -0.129. The SMILES string of the molecule is O=C(CSc1nc2ccccc2c(=O)n1CCCO)N1CCc2[nH]c3ccccc3c2C1. The molecule has 8 heteroatoms. The smallest absolute Gasteiger partial charge is 0.262 e. The molecule has 4 aromatic rings. The van der Waals surface area contributed by atoms with Gasteiger partial charge in [-0.25, -0.2) is 4.98 Å². The fourth-order valence-corrected chi connectivity index (χ4v) is 5.21. The zero-order valence-electron chi connectivity index (χ0n) is 17.6. The molecule has 0 fully saturated rings. The van der Waals surface area contributed by atoms with Gasteiger partial charge >= 0.3 is 0 Å². The van der Waals surface area contributed by atoms with E-state index in [1.54, 1.807) is 10.6 Å². The van der Waals surface area contributed by atoms with Crippen LogP contribution in [0, 0.1) is 0 Å². The molecule has 32 heavy (non-hydrogen) atoms. The van der Waals surface area contributed by atoms with Crippen molar-refractivity contribution in [2.75, 3.05) is 18.9 Å². The van der Waals surface area contributed by atoms with Crippen molar-refractivity contribution in [3.8, 4) is 0 Å². The van der Waals surface area contributed by atoms with E-state index in [-0.39, 0.29) is 23.8 Å². The monoisotopic (exact) mass is 448 g/mol. The van der Waals surface area contributed by atoms with Gasteiger partial charge < -0.3 is 15.0 Å². The number of aromatic nitrogens is 3. The number of nitrogens with one attached hydrogen (secondary N) is 1. The second kappa shape index (κ2) is 8.80. The van der Waals surface area contributed by atoms with Crippen molar-refractivity contribution in [2.45, 2.75) is 31.1 Å². The lowest BCUT2D eigenvalue weighted by Gasteiger charge is -2.27. The minimum atomic E-state index is -0.139. The third-order valence-electron chi connectivity index (χ3n) is 5.93. The maximum atomic E-state index is 13.1. The molecule has 1 aliphatic rings. The van der Waals surface area contributed by atoms with Crippen molar-refractivity contribution < 1.29 is 9.90 Å². The molecule has 2 aromatic carbocycles. The van der Waals surface area contributed by atoms with Crippen LogP contribution in [0.25, 0.3) is 21.8 Å². The number of amides is 1. The van der Waals surface area contributed by atoms with Gasteiger partial charge in [0.05, 0.1) is 16.7 Å². The molecule has 0 saturated heterocycles. The largest absolute Gasteiger partial charge is 0.396 e. The summed E-state index contributed by atoms with van der Waals surface area (Å²) >= 11 is 1.29. The second-order valence-corrected chi connectivity index (χ2v) is 8.87. The number of carbonyl (C=O) groups excluding carboxylic acids is 1. The van der Waals surface area contributed by atoms with Crippen molar-refractivity contribution in [2.24, 2.45) is 0 Å². The lowest BCUT2D eigenvalue weighted by Crippen LogP contribution is -2.37. The summed E-state index contributed by atoms with van der Waals surface area (Å²) in [6.07, 6.45) is 1.26. The first-order valence-corrected chi connectivity index (χ1v) is 11.7. The Bertz CT molecular complexity index is 1360. The Morgan fingerprint density at radius 2 is 1.91 bits per heavy atom. The van der Waals surface area contributed by atoms with E-state index in [1.807, 2.05) is 35.2 Å². The van der Waals surface area contributed by atoms with Gasteiger partial charge in [0.1, 0.15) is 0 Å². The van der Waals surface area contributed by atoms with Crippen LogP contribution in [-0.2, 0) is 24.3 Å². The summed E-state index contributed by atoms with van der Waals surface area (Å²) in [7, 11) is 0. The predicted molar refractivity (Wildman–Crippen MR) is 126 cm³/mol. The van der Waals surface area contributed by atoms with Crippen LogP contribution >= 0.6 is 11.8 Å². The Labute approximate surface area is 189 Å². The third-order valence-corrected chi connectivity index (χ3v) is 6.89. The van der Waals surface area contributed by atoms with Crippen LogP contribution in [0.15, 0.2) is 58.5 Å². The Kier molecular flexibility index (Phi) is 5.71. The van der Waals surface area contributed by atoms with Crippen LogP contribution in [0.2, 0.25) is 0 Å². The predicted octanol–water partition coefficient (Wildman–Crippen LogP) is 2.94. The quantitative estimate of drug-likeness (QED) is 0.350. The van der Waals surface area contributed by atoms with E-state index >= 15 is 0 Å². The van der Waals surface area contributed by atoms with E-state index in [1.165, 1.54) is 28.4 Å². The van der Waals surface area contributed by atoms with Crippen LogP contribution in [0.4, 0.5) is 0 Å². The van der Waals surface area contributed by atoms with Crippen molar-refractivity contribution in [3.05, 3.63) is 70.1 Å². The highest BCUT2D eigenvalue weighted by atomic mass is 32.2. The molecule has 0 atom stereocenters. The first-order valence-electron chi connectivity index (χ1n) is 10.7. The molecule has 0 aliphatic carbocycles. The average molecular weight is 449 g/mol. The molecule has 1 amide bonds. The van der Waals surface area contributed by atoms with Gasteiger partial charge in [-0.3, -0.25) is 14.2 Å². The van der Waals surface area contributed by atoms with E-state index < -0.39 is 0 Å². The van der Waals surface area contributed by atoms with Gasteiger partial charge in [0.2, 0.25) is 5.91 Å². The van der Waals surface area contributed by atoms with Crippen molar-refractivity contribution in [3.63, 3.8) is 0 Å². The molecule has 5 rings (SSSR count). The van der Waals surface area contributed by atoms with Gasteiger partial charge in [-0.1, -0.05) is 42.1 Å². The van der Waals surface area contributed by atoms with E-state index in [9.17, 15) is 14.7 Å². The zero-order valence-corrected chi connectivity index (χ0v) is 18.4. The first kappa shape index (κ1) is 20.8. The number of carbonyl (C=O) groups is 1. The molecular formula is C24H24N4O3S. The summed E-state index contributed by atoms with van der Waals surface area (Å²) in [4.78, 5) is 36.0. The Hall–Kier alpha value is -3.10. The minimum Gasteiger partial charge on any atom is -0.396 e. The number of aliphatic hydroxyl groups excluding tert-OH is 1. The molecule has 3 heterocycles. The molecule has 2 aromatic heterocycles. The molecular weight excluding hydrogens is 424 g/mol. The van der Waals surface area contributed by atoms with Gasteiger partial charge in [-0.15, -0.1) is 0 Å². The fraction of sp³-hybridized carbons (Fsp3) is 0.292. The molecule has 0 spiro atoms. The van der Waals surface area contributed by atoms with Crippen molar-refractivity contribution in [1.29, 1.82) is 0 Å². The second-order valence-electron chi connectivity index (χ2n) is 7.93. The summed E-state index contributed by atoms with van der Waals surface area (Å²) in [5, 5.41) is 11.5.